The van der Waals surface area contributed by atoms with Crippen LogP contribution >= 0.6 is 11.3 Å². The van der Waals surface area contributed by atoms with Crippen molar-refractivity contribution in [3.63, 3.8) is 0 Å². The molecule has 0 saturated carbocycles. The lowest BCUT2D eigenvalue weighted by Gasteiger charge is -2.13. The highest BCUT2D eigenvalue weighted by Gasteiger charge is 2.19. The van der Waals surface area contributed by atoms with Crippen LogP contribution in [0.4, 0.5) is 17.6 Å². The first-order chi connectivity index (χ1) is 11.3. The summed E-state index contributed by atoms with van der Waals surface area (Å²) in [6.45, 7) is 3.72. The highest BCUT2D eigenvalue weighted by molar-refractivity contribution is 7.11. The molecule has 0 aliphatic heterocycles. The van der Waals surface area contributed by atoms with E-state index in [0.29, 0.717) is 6.54 Å². The first-order valence-corrected chi connectivity index (χ1v) is 7.84. The van der Waals surface area contributed by atoms with Gasteiger partial charge in [0.1, 0.15) is 0 Å². The number of aryl methyl sites for hydroxylation is 2. The van der Waals surface area contributed by atoms with Gasteiger partial charge in [0, 0.05) is 30.1 Å². The normalized spacial score (nSPS) is 11.7. The van der Waals surface area contributed by atoms with Crippen molar-refractivity contribution in [2.75, 3.05) is 7.05 Å². The molecular formula is C15H16F4N4S. The van der Waals surface area contributed by atoms with Crippen LogP contribution in [0.2, 0.25) is 0 Å². The van der Waals surface area contributed by atoms with E-state index in [1.165, 1.54) is 18.4 Å². The molecule has 2 N–H and O–H groups in total. The molecule has 0 radical (unpaired) electrons. The highest BCUT2D eigenvalue weighted by Crippen LogP contribution is 2.19. The zero-order valence-electron chi connectivity index (χ0n) is 13.3. The summed E-state index contributed by atoms with van der Waals surface area (Å²) >= 11 is 1.51. The third-order valence-electron chi connectivity index (χ3n) is 3.27. The predicted molar refractivity (Wildman–Crippen MR) is 84.9 cm³/mol. The minimum Gasteiger partial charge on any atom is -0.352 e. The zero-order chi connectivity index (χ0) is 17.9. The second-order valence-corrected chi connectivity index (χ2v) is 6.26. The van der Waals surface area contributed by atoms with Crippen molar-refractivity contribution in [3.8, 4) is 0 Å². The molecule has 0 amide bonds. The van der Waals surface area contributed by atoms with Crippen LogP contribution in [0, 0.1) is 37.1 Å². The third-order valence-corrected chi connectivity index (χ3v) is 4.35. The number of aromatic nitrogens is 1. The Labute approximate surface area is 140 Å². The van der Waals surface area contributed by atoms with Crippen LogP contribution in [0.1, 0.15) is 21.1 Å². The molecule has 2 aromatic rings. The van der Waals surface area contributed by atoms with Crippen molar-refractivity contribution in [1.82, 2.24) is 15.6 Å². The van der Waals surface area contributed by atoms with E-state index >= 15 is 0 Å². The lowest BCUT2D eigenvalue weighted by atomic mass is 10.2. The number of hydrogen-bond acceptors (Lipinski definition) is 3. The van der Waals surface area contributed by atoms with Crippen molar-refractivity contribution >= 4 is 17.3 Å². The number of rotatable bonds is 4. The number of aliphatic imine (C=N–C) groups is 1. The zero-order valence-corrected chi connectivity index (χ0v) is 14.1. The summed E-state index contributed by atoms with van der Waals surface area (Å²) in [6.07, 6.45) is 0. The molecule has 2 rings (SSSR count). The van der Waals surface area contributed by atoms with Crippen molar-refractivity contribution in [3.05, 3.63) is 50.5 Å². The van der Waals surface area contributed by atoms with Gasteiger partial charge in [-0.15, -0.1) is 11.3 Å². The van der Waals surface area contributed by atoms with Gasteiger partial charge in [0.2, 0.25) is 0 Å². The molecule has 4 nitrogen and oxygen atoms in total. The van der Waals surface area contributed by atoms with Crippen LogP contribution in [0.3, 0.4) is 0 Å². The summed E-state index contributed by atoms with van der Waals surface area (Å²) in [5, 5.41) is 6.51. The van der Waals surface area contributed by atoms with Gasteiger partial charge in [-0.05, 0) is 13.8 Å². The topological polar surface area (TPSA) is 49.3 Å². The Kier molecular flexibility index (Phi) is 5.76. The van der Waals surface area contributed by atoms with Crippen LogP contribution in [-0.4, -0.2) is 18.0 Å². The predicted octanol–water partition coefficient (Wildman–Crippen LogP) is 3.18. The fourth-order valence-corrected chi connectivity index (χ4v) is 2.95. The van der Waals surface area contributed by atoms with E-state index in [2.05, 4.69) is 20.6 Å². The molecule has 0 bridgehead atoms. The van der Waals surface area contributed by atoms with Crippen molar-refractivity contribution in [2.24, 2.45) is 4.99 Å². The average Bonchev–Trinajstić information content (AvgIpc) is 2.86. The van der Waals surface area contributed by atoms with Gasteiger partial charge >= 0.3 is 0 Å². The maximum Gasteiger partial charge on any atom is 0.191 e. The average molecular weight is 360 g/mol. The fraction of sp³-hybridized carbons (Fsp3) is 0.333. The number of thiazole rings is 1. The summed E-state index contributed by atoms with van der Waals surface area (Å²) in [6, 6.07) is 0.177. The quantitative estimate of drug-likeness (QED) is 0.381. The van der Waals surface area contributed by atoms with E-state index in [0.717, 1.165) is 15.6 Å². The Bertz CT molecular complexity index is 747. The molecule has 0 aliphatic carbocycles. The summed E-state index contributed by atoms with van der Waals surface area (Å²) < 4.78 is 53.6. The van der Waals surface area contributed by atoms with E-state index in [9.17, 15) is 17.6 Å². The second-order valence-electron chi connectivity index (χ2n) is 4.97. The van der Waals surface area contributed by atoms with Crippen molar-refractivity contribution in [1.29, 1.82) is 0 Å². The van der Waals surface area contributed by atoms with Gasteiger partial charge in [0.15, 0.2) is 29.2 Å². The lowest BCUT2D eigenvalue weighted by Crippen LogP contribution is -2.36. The minimum absolute atomic E-state index is 0.177. The van der Waals surface area contributed by atoms with E-state index in [4.69, 9.17) is 0 Å². The maximum atomic E-state index is 13.6. The molecule has 0 atom stereocenters. The molecular weight excluding hydrogens is 344 g/mol. The van der Waals surface area contributed by atoms with Crippen LogP contribution in [0.15, 0.2) is 11.1 Å². The smallest absolute Gasteiger partial charge is 0.191 e. The Balaban J connectivity index is 2.03. The van der Waals surface area contributed by atoms with Gasteiger partial charge in [0.05, 0.1) is 17.2 Å². The van der Waals surface area contributed by atoms with Crippen molar-refractivity contribution in [2.45, 2.75) is 26.9 Å². The molecule has 130 valence electrons. The van der Waals surface area contributed by atoms with Crippen LogP contribution in [0.25, 0.3) is 0 Å². The van der Waals surface area contributed by atoms with E-state index in [1.54, 1.807) is 0 Å². The molecule has 0 fully saturated rings. The lowest BCUT2D eigenvalue weighted by molar-refractivity contribution is 0.437. The Hall–Kier alpha value is -2.16. The molecule has 0 aliphatic rings. The highest BCUT2D eigenvalue weighted by atomic mass is 32.1. The minimum atomic E-state index is -1.44. The molecule has 0 unspecified atom stereocenters. The summed E-state index contributed by atoms with van der Waals surface area (Å²) in [7, 11) is 1.47. The van der Waals surface area contributed by atoms with Crippen LogP contribution in [-0.2, 0) is 13.1 Å². The number of halogens is 4. The van der Waals surface area contributed by atoms with E-state index in [-0.39, 0.29) is 12.0 Å². The summed E-state index contributed by atoms with van der Waals surface area (Å²) in [4.78, 5) is 9.18. The Morgan fingerprint density at radius 1 is 1.08 bits per heavy atom. The Morgan fingerprint density at radius 3 is 2.17 bits per heavy atom. The summed E-state index contributed by atoms with van der Waals surface area (Å²) in [5.41, 5.74) is 0.157. The monoisotopic (exact) mass is 360 g/mol. The standard InChI is InChI=1S/C15H16F4N4S/c1-7-12(24-8(2)23-7)6-22-15(20-3)21-5-9-13(18)10(16)4-11(17)14(9)19/h4H,5-6H2,1-3H3,(H2,20,21,22). The largest absolute Gasteiger partial charge is 0.352 e. The van der Waals surface area contributed by atoms with Gasteiger partial charge in [-0.25, -0.2) is 22.5 Å². The molecule has 1 aromatic carbocycles. The Morgan fingerprint density at radius 2 is 1.67 bits per heavy atom. The molecule has 9 heteroatoms. The van der Waals surface area contributed by atoms with Gasteiger partial charge in [-0.2, -0.15) is 0 Å². The maximum absolute atomic E-state index is 13.6. The van der Waals surface area contributed by atoms with Gasteiger partial charge < -0.3 is 10.6 Å². The molecule has 0 saturated heterocycles. The number of hydrogen-bond donors (Lipinski definition) is 2. The van der Waals surface area contributed by atoms with Gasteiger partial charge in [0.25, 0.3) is 0 Å². The number of nitrogens with one attached hydrogen (secondary N) is 2. The van der Waals surface area contributed by atoms with Crippen LogP contribution in [0.5, 0.6) is 0 Å². The molecule has 24 heavy (non-hydrogen) atoms. The SMILES string of the molecule is CN=C(NCc1sc(C)nc1C)NCc1c(F)c(F)cc(F)c1F. The van der Waals surface area contributed by atoms with E-state index in [1.807, 2.05) is 13.8 Å². The first-order valence-electron chi connectivity index (χ1n) is 7.02. The van der Waals surface area contributed by atoms with Crippen molar-refractivity contribution < 1.29 is 17.6 Å². The molecule has 1 heterocycles. The van der Waals surface area contributed by atoms with E-state index < -0.39 is 35.4 Å². The van der Waals surface area contributed by atoms with Gasteiger partial charge in [-0.3, -0.25) is 4.99 Å². The molecule has 1 aromatic heterocycles. The number of nitrogens with zero attached hydrogens (tertiary/aromatic N) is 2. The number of guanidine groups is 1. The molecule has 0 spiro atoms. The van der Waals surface area contributed by atoms with Gasteiger partial charge in [-0.1, -0.05) is 0 Å². The van der Waals surface area contributed by atoms with Crippen LogP contribution < -0.4 is 10.6 Å². The number of benzene rings is 1. The second kappa shape index (κ2) is 7.61. The third kappa shape index (κ3) is 4.02. The summed E-state index contributed by atoms with van der Waals surface area (Å²) in [5.74, 6) is -5.49. The fourth-order valence-electron chi connectivity index (χ4n) is 2.07. The first kappa shape index (κ1) is 18.2.